The Morgan fingerprint density at radius 2 is 2.31 bits per heavy atom. The first-order valence-electron chi connectivity index (χ1n) is 5.35. The molecule has 0 radical (unpaired) electrons. The topological polar surface area (TPSA) is 55.6 Å². The first-order valence-corrected chi connectivity index (χ1v) is 6.16. The van der Waals surface area contributed by atoms with Gasteiger partial charge in [-0.05, 0) is 35.9 Å². The Morgan fingerprint density at radius 1 is 1.44 bits per heavy atom. The van der Waals surface area contributed by atoms with Crippen molar-refractivity contribution in [1.29, 1.82) is 0 Å². The van der Waals surface area contributed by atoms with Gasteiger partial charge in [0.2, 0.25) is 5.95 Å². The highest BCUT2D eigenvalue weighted by Crippen LogP contribution is 2.16. The third kappa shape index (κ3) is 2.57. The van der Waals surface area contributed by atoms with E-state index in [1.165, 1.54) is 9.75 Å². The number of tetrazole rings is 1. The van der Waals surface area contributed by atoms with E-state index < -0.39 is 0 Å². The van der Waals surface area contributed by atoms with Gasteiger partial charge in [-0.25, -0.2) is 4.68 Å². The quantitative estimate of drug-likeness (QED) is 0.865. The molecule has 0 saturated heterocycles. The molecule has 0 aliphatic carbocycles. The van der Waals surface area contributed by atoms with Crippen LogP contribution in [-0.4, -0.2) is 20.2 Å². The van der Waals surface area contributed by atoms with Crippen molar-refractivity contribution >= 4 is 17.3 Å². The first-order chi connectivity index (χ1) is 7.79. The smallest absolute Gasteiger partial charge is 0.243 e. The summed E-state index contributed by atoms with van der Waals surface area (Å²) < 4.78 is 1.79. The summed E-state index contributed by atoms with van der Waals surface area (Å²) >= 11 is 1.79. The summed E-state index contributed by atoms with van der Waals surface area (Å²) in [6.45, 7) is 5.84. The highest BCUT2D eigenvalue weighted by Gasteiger charge is 2.04. The van der Waals surface area contributed by atoms with Gasteiger partial charge in [0, 0.05) is 16.3 Å². The van der Waals surface area contributed by atoms with Crippen LogP contribution in [0.1, 0.15) is 23.1 Å². The van der Waals surface area contributed by atoms with Gasteiger partial charge in [0.15, 0.2) is 0 Å². The van der Waals surface area contributed by atoms with E-state index in [0.717, 1.165) is 25.5 Å². The lowest BCUT2D eigenvalue weighted by Crippen LogP contribution is -2.08. The highest BCUT2D eigenvalue weighted by atomic mass is 32.1. The van der Waals surface area contributed by atoms with Crippen LogP contribution in [0.4, 0.5) is 5.95 Å². The molecule has 2 aromatic heterocycles. The maximum Gasteiger partial charge on any atom is 0.243 e. The predicted octanol–water partition coefficient (Wildman–Crippen LogP) is 2.07. The molecule has 0 amide bonds. The molecule has 5 nitrogen and oxygen atoms in total. The average Bonchev–Trinajstić information content (AvgIpc) is 2.85. The zero-order chi connectivity index (χ0) is 11.4. The number of aromatic nitrogens is 4. The molecule has 86 valence electrons. The molecule has 0 aromatic carbocycles. The molecule has 0 atom stereocenters. The second kappa shape index (κ2) is 5.07. The fourth-order valence-corrected chi connectivity index (χ4v) is 2.27. The zero-order valence-corrected chi connectivity index (χ0v) is 10.3. The third-order valence-electron chi connectivity index (χ3n) is 2.18. The SMILES string of the molecule is CCCn1nnnc1NCc1ccc(C)s1. The van der Waals surface area contributed by atoms with Crippen LogP contribution in [0, 0.1) is 6.92 Å². The van der Waals surface area contributed by atoms with E-state index >= 15 is 0 Å². The summed E-state index contributed by atoms with van der Waals surface area (Å²) in [6, 6.07) is 4.25. The summed E-state index contributed by atoms with van der Waals surface area (Å²) in [7, 11) is 0. The molecule has 6 heteroatoms. The van der Waals surface area contributed by atoms with E-state index in [1.54, 1.807) is 16.0 Å². The third-order valence-corrected chi connectivity index (χ3v) is 3.18. The van der Waals surface area contributed by atoms with Gasteiger partial charge in [-0.15, -0.1) is 11.3 Å². The van der Waals surface area contributed by atoms with Gasteiger partial charge in [0.25, 0.3) is 0 Å². The zero-order valence-electron chi connectivity index (χ0n) is 9.47. The molecular weight excluding hydrogens is 222 g/mol. The van der Waals surface area contributed by atoms with Crippen molar-refractivity contribution in [3.63, 3.8) is 0 Å². The number of rotatable bonds is 5. The Labute approximate surface area is 98.5 Å². The summed E-state index contributed by atoms with van der Waals surface area (Å²) in [5.74, 6) is 0.743. The largest absolute Gasteiger partial charge is 0.348 e. The van der Waals surface area contributed by atoms with E-state index in [9.17, 15) is 0 Å². The number of hydrogen-bond acceptors (Lipinski definition) is 5. The molecule has 0 aliphatic heterocycles. The van der Waals surface area contributed by atoms with Gasteiger partial charge in [0.05, 0.1) is 6.54 Å². The summed E-state index contributed by atoms with van der Waals surface area (Å²) in [5, 5.41) is 14.8. The van der Waals surface area contributed by atoms with Gasteiger partial charge in [-0.2, -0.15) is 0 Å². The fourth-order valence-electron chi connectivity index (χ4n) is 1.44. The normalized spacial score (nSPS) is 10.6. The molecule has 0 fully saturated rings. The van der Waals surface area contributed by atoms with Crippen LogP contribution in [0.3, 0.4) is 0 Å². The number of thiophene rings is 1. The second-order valence-electron chi connectivity index (χ2n) is 3.59. The maximum atomic E-state index is 3.95. The molecule has 2 rings (SSSR count). The lowest BCUT2D eigenvalue weighted by molar-refractivity contribution is 0.582. The van der Waals surface area contributed by atoms with Crippen LogP contribution in [-0.2, 0) is 13.1 Å². The number of nitrogens with zero attached hydrogens (tertiary/aromatic N) is 4. The van der Waals surface area contributed by atoms with Crippen LogP contribution >= 0.6 is 11.3 Å². The molecule has 0 saturated carbocycles. The number of nitrogens with one attached hydrogen (secondary N) is 1. The van der Waals surface area contributed by atoms with E-state index in [4.69, 9.17) is 0 Å². The summed E-state index contributed by atoms with van der Waals surface area (Å²) in [4.78, 5) is 2.62. The molecular formula is C10H15N5S. The number of hydrogen-bond donors (Lipinski definition) is 1. The maximum absolute atomic E-state index is 3.95. The second-order valence-corrected chi connectivity index (χ2v) is 4.96. The molecule has 16 heavy (non-hydrogen) atoms. The minimum Gasteiger partial charge on any atom is -0.348 e. The molecule has 0 unspecified atom stereocenters. The van der Waals surface area contributed by atoms with Crippen molar-refractivity contribution in [3.05, 3.63) is 21.9 Å². The Bertz CT molecular complexity index is 448. The highest BCUT2D eigenvalue weighted by molar-refractivity contribution is 7.11. The van der Waals surface area contributed by atoms with Gasteiger partial charge >= 0.3 is 0 Å². The van der Waals surface area contributed by atoms with Crippen molar-refractivity contribution < 1.29 is 0 Å². The monoisotopic (exact) mass is 237 g/mol. The average molecular weight is 237 g/mol. The number of aryl methyl sites for hydroxylation is 2. The molecule has 2 aromatic rings. The van der Waals surface area contributed by atoms with Crippen LogP contribution in [0.15, 0.2) is 12.1 Å². The Hall–Kier alpha value is -1.43. The lowest BCUT2D eigenvalue weighted by atomic mass is 10.4. The van der Waals surface area contributed by atoms with Crippen molar-refractivity contribution in [1.82, 2.24) is 20.2 Å². The predicted molar refractivity (Wildman–Crippen MR) is 64.5 cm³/mol. The van der Waals surface area contributed by atoms with Crippen molar-refractivity contribution in [2.45, 2.75) is 33.4 Å². The Balaban J connectivity index is 1.96. The first kappa shape index (κ1) is 11.1. The van der Waals surface area contributed by atoms with Gasteiger partial charge in [0.1, 0.15) is 0 Å². The lowest BCUT2D eigenvalue weighted by Gasteiger charge is -2.04. The van der Waals surface area contributed by atoms with Crippen LogP contribution < -0.4 is 5.32 Å². The van der Waals surface area contributed by atoms with Crippen molar-refractivity contribution in [2.75, 3.05) is 5.32 Å². The van der Waals surface area contributed by atoms with E-state index in [2.05, 4.69) is 46.8 Å². The van der Waals surface area contributed by atoms with Crippen molar-refractivity contribution in [2.24, 2.45) is 0 Å². The molecule has 1 N–H and O–H groups in total. The van der Waals surface area contributed by atoms with E-state index in [-0.39, 0.29) is 0 Å². The summed E-state index contributed by atoms with van der Waals surface area (Å²) in [5.41, 5.74) is 0. The number of anilines is 1. The van der Waals surface area contributed by atoms with Crippen LogP contribution in [0.2, 0.25) is 0 Å². The molecule has 2 heterocycles. The Kier molecular flexibility index (Phi) is 3.51. The Morgan fingerprint density at radius 3 is 3.00 bits per heavy atom. The minimum atomic E-state index is 0.743. The van der Waals surface area contributed by atoms with Gasteiger partial charge in [-0.1, -0.05) is 12.0 Å². The minimum absolute atomic E-state index is 0.743. The van der Waals surface area contributed by atoms with Crippen LogP contribution in [0.5, 0.6) is 0 Å². The van der Waals surface area contributed by atoms with Gasteiger partial charge < -0.3 is 5.32 Å². The van der Waals surface area contributed by atoms with E-state index in [0.29, 0.717) is 0 Å². The van der Waals surface area contributed by atoms with E-state index in [1.807, 2.05) is 0 Å². The molecule has 0 spiro atoms. The van der Waals surface area contributed by atoms with Crippen molar-refractivity contribution in [3.8, 4) is 0 Å². The van der Waals surface area contributed by atoms with Gasteiger partial charge in [-0.3, -0.25) is 0 Å². The summed E-state index contributed by atoms with van der Waals surface area (Å²) in [6.07, 6.45) is 1.03. The fraction of sp³-hybridized carbons (Fsp3) is 0.500. The standard InChI is InChI=1S/C10H15N5S/c1-3-6-15-10(12-13-14-15)11-7-9-5-4-8(2)16-9/h4-5H,3,6-7H2,1-2H3,(H,11,12,14). The molecule has 0 bridgehead atoms. The molecule has 0 aliphatic rings. The van der Waals surface area contributed by atoms with Crippen LogP contribution in [0.25, 0.3) is 0 Å².